The third-order valence-corrected chi connectivity index (χ3v) is 8.69. The minimum Gasteiger partial charge on any atom is -0.477 e. The van der Waals surface area contributed by atoms with Gasteiger partial charge in [-0.15, -0.1) is 23.3 Å². The van der Waals surface area contributed by atoms with Gasteiger partial charge in [-0.05, 0) is 34.9 Å². The first-order chi connectivity index (χ1) is 18.9. The number of nitrogens with one attached hydrogen (secondary N) is 1. The number of oxime groups is 1. The molecule has 2 unspecified atom stereocenters. The van der Waals surface area contributed by atoms with Crippen molar-refractivity contribution in [2.24, 2.45) is 5.16 Å². The number of aromatic nitrogens is 6. The lowest BCUT2D eigenvalue weighted by molar-refractivity contribution is -0.150. The van der Waals surface area contributed by atoms with Gasteiger partial charge in [0.1, 0.15) is 29.8 Å². The van der Waals surface area contributed by atoms with Crippen LogP contribution in [0.4, 0.5) is 5.13 Å². The van der Waals surface area contributed by atoms with Gasteiger partial charge in [-0.2, -0.15) is 9.36 Å². The van der Waals surface area contributed by atoms with Gasteiger partial charge in [0.15, 0.2) is 5.13 Å². The second-order valence-corrected chi connectivity index (χ2v) is 11.1. The smallest absolute Gasteiger partial charge is 0.352 e. The molecule has 0 radical (unpaired) electrons. The Kier molecular flexibility index (Phi) is 7.81. The lowest BCUT2D eigenvalue weighted by atomic mass is 10.0. The molecule has 0 spiro atoms. The van der Waals surface area contributed by atoms with E-state index in [-0.39, 0.29) is 40.8 Å². The van der Waals surface area contributed by atoms with E-state index in [9.17, 15) is 19.5 Å². The molecule has 39 heavy (non-hydrogen) atoms. The predicted octanol–water partition coefficient (Wildman–Crippen LogP) is -0.290. The van der Waals surface area contributed by atoms with Crippen LogP contribution in [-0.2, 0) is 25.8 Å². The number of terminal acetylenes is 1. The molecule has 1 aliphatic carbocycles. The topological polar surface area (TPSA) is 204 Å². The maximum Gasteiger partial charge on any atom is 0.352 e. The molecule has 4 N–H and O–H groups in total. The second kappa shape index (κ2) is 11.4. The molecule has 2 aliphatic heterocycles. The zero-order valence-electron chi connectivity index (χ0n) is 20.0. The van der Waals surface area contributed by atoms with Gasteiger partial charge in [-0.1, -0.05) is 28.9 Å². The zero-order valence-corrected chi connectivity index (χ0v) is 22.4. The molecular weight excluding hydrogens is 568 g/mol. The summed E-state index contributed by atoms with van der Waals surface area (Å²) in [7, 11) is 0. The summed E-state index contributed by atoms with van der Waals surface area (Å²) in [5, 5.41) is 27.7. The number of hydrogen-bond donors (Lipinski definition) is 3. The molecule has 5 rings (SSSR count). The second-order valence-electron chi connectivity index (χ2n) is 8.28. The monoisotopic (exact) mass is 588 g/mol. The Bertz CT molecular complexity index is 1440. The fourth-order valence-corrected chi connectivity index (χ4v) is 6.77. The highest BCUT2D eigenvalue weighted by Crippen LogP contribution is 2.41. The molecule has 1 fully saturated rings. The van der Waals surface area contributed by atoms with Gasteiger partial charge in [-0.25, -0.2) is 9.48 Å². The van der Waals surface area contributed by atoms with E-state index in [4.69, 9.17) is 17.0 Å². The number of rotatable bonds is 10. The Labute approximate surface area is 233 Å². The highest BCUT2D eigenvalue weighted by molar-refractivity contribution is 8.01. The Morgan fingerprint density at radius 2 is 2.28 bits per heavy atom. The molecule has 2 aromatic heterocycles. The number of carboxylic acids is 1. The van der Waals surface area contributed by atoms with Gasteiger partial charge in [0.05, 0.1) is 0 Å². The summed E-state index contributed by atoms with van der Waals surface area (Å²) in [4.78, 5) is 49.1. The molecule has 18 heteroatoms. The summed E-state index contributed by atoms with van der Waals surface area (Å²) in [5.41, 5.74) is 5.84. The van der Waals surface area contributed by atoms with E-state index >= 15 is 0 Å². The fourth-order valence-electron chi connectivity index (χ4n) is 3.97. The van der Waals surface area contributed by atoms with E-state index in [1.165, 1.54) is 33.1 Å². The summed E-state index contributed by atoms with van der Waals surface area (Å²) < 4.78 is 5.46. The fraction of sp³-hybridized carbons (Fsp3) is 0.381. The van der Waals surface area contributed by atoms with Crippen molar-refractivity contribution in [3.8, 4) is 12.3 Å². The van der Waals surface area contributed by atoms with Gasteiger partial charge < -0.3 is 21.0 Å². The van der Waals surface area contributed by atoms with E-state index in [1.807, 2.05) is 12.2 Å². The molecule has 0 aromatic carbocycles. The number of carbonyl (C=O) groups excluding carboxylic acids is 2. The van der Waals surface area contributed by atoms with Crippen LogP contribution >= 0.6 is 35.1 Å². The van der Waals surface area contributed by atoms with E-state index in [1.54, 1.807) is 0 Å². The number of amides is 2. The zero-order chi connectivity index (χ0) is 27.5. The lowest BCUT2D eigenvalue weighted by Gasteiger charge is -2.49. The van der Waals surface area contributed by atoms with Gasteiger partial charge >= 0.3 is 5.97 Å². The number of aliphatic carboxylic acids is 1. The van der Waals surface area contributed by atoms with Gasteiger partial charge in [-0.3, -0.25) is 14.5 Å². The van der Waals surface area contributed by atoms with Crippen molar-refractivity contribution < 1.29 is 24.3 Å². The summed E-state index contributed by atoms with van der Waals surface area (Å²) in [6, 6.07) is -0.985. The van der Waals surface area contributed by atoms with Crippen LogP contribution in [0.25, 0.3) is 0 Å². The summed E-state index contributed by atoms with van der Waals surface area (Å²) in [6.45, 7) is 0.166. The number of β-lactam (4-membered cyclic amide) rings is 1. The molecule has 0 bridgehead atoms. The van der Waals surface area contributed by atoms with Crippen molar-refractivity contribution in [3.63, 3.8) is 0 Å². The van der Waals surface area contributed by atoms with E-state index in [0.29, 0.717) is 22.9 Å². The molecule has 202 valence electrons. The maximum absolute atomic E-state index is 13.2. The largest absolute Gasteiger partial charge is 0.477 e. The van der Waals surface area contributed by atoms with Crippen molar-refractivity contribution in [3.05, 3.63) is 29.2 Å². The lowest BCUT2D eigenvalue weighted by Crippen LogP contribution is -2.71. The summed E-state index contributed by atoms with van der Waals surface area (Å²) in [5.74, 6) is 0.395. The third-order valence-electron chi connectivity index (χ3n) is 5.77. The molecular formula is C21H20N10O5S3. The minimum atomic E-state index is -1.25. The predicted molar refractivity (Wildman–Crippen MR) is 141 cm³/mol. The van der Waals surface area contributed by atoms with E-state index < -0.39 is 29.2 Å². The van der Waals surface area contributed by atoms with E-state index in [2.05, 4.69) is 41.3 Å². The number of hydrogen-bond acceptors (Lipinski definition) is 14. The number of tetrazole rings is 1. The molecule has 3 atom stereocenters. The van der Waals surface area contributed by atoms with Crippen LogP contribution in [0.5, 0.6) is 0 Å². The van der Waals surface area contributed by atoms with Crippen LogP contribution < -0.4 is 11.1 Å². The number of allylic oxidation sites excluding steroid dienone is 1. The average Bonchev–Trinajstić information content (AvgIpc) is 3.69. The number of nitrogen functional groups attached to an aromatic ring is 1. The molecule has 2 aromatic rings. The highest BCUT2D eigenvalue weighted by Gasteiger charge is 2.54. The Morgan fingerprint density at radius 1 is 1.44 bits per heavy atom. The molecule has 2 amide bonds. The average molecular weight is 589 g/mol. The number of nitrogens with two attached hydrogens (primary N) is 1. The minimum absolute atomic E-state index is 0.0329. The number of carbonyl (C=O) groups is 3. The quantitative estimate of drug-likeness (QED) is 0.0816. The molecule has 0 saturated carbocycles. The van der Waals surface area contributed by atoms with Gasteiger partial charge in [0.2, 0.25) is 16.7 Å². The Hall–Kier alpha value is -3.95. The third kappa shape index (κ3) is 5.46. The van der Waals surface area contributed by atoms with Crippen LogP contribution in [0.3, 0.4) is 0 Å². The maximum atomic E-state index is 13.2. The SMILES string of the molecule is C#CCn1nnnc1SCC1=C(C(=O)O)N2C(=O)C(NC(=O)C(=NOC3C=CCC3)c3nsc(N)n3)[C@@H]2SC1. The standard InChI is InChI=1S/C21H20N10O5S3/c1-2-7-30-21(25-28-29-30)38-9-10-8-37-18-13(17(33)31(18)14(10)19(34)35)23-16(32)12(15-24-20(22)39-27-15)26-36-11-5-3-4-6-11/h1,3,5,11,13,18H,4,6-9H2,(H,23,32)(H,34,35)(H2,22,24,27)/t11?,13?,18-/m0/s1. The Morgan fingerprint density at radius 3 is 2.97 bits per heavy atom. The first-order valence-electron chi connectivity index (χ1n) is 11.4. The normalized spacial score (nSPS) is 22.3. The summed E-state index contributed by atoms with van der Waals surface area (Å²) in [6.07, 6.45) is 10.3. The number of fused-ring (bicyclic) bond motifs is 1. The first kappa shape index (κ1) is 26.6. The highest BCUT2D eigenvalue weighted by atomic mass is 32.2. The number of carboxylic acid groups (broad SMARTS) is 1. The van der Waals surface area contributed by atoms with Crippen molar-refractivity contribution >= 4 is 63.7 Å². The first-order valence-corrected chi connectivity index (χ1v) is 14.2. The van der Waals surface area contributed by atoms with E-state index in [0.717, 1.165) is 18.0 Å². The van der Waals surface area contributed by atoms with Gasteiger partial charge in [0, 0.05) is 23.0 Å². The molecule has 15 nitrogen and oxygen atoms in total. The van der Waals surface area contributed by atoms with Crippen LogP contribution in [0.15, 0.2) is 33.7 Å². The Balaban J connectivity index is 1.30. The van der Waals surface area contributed by atoms with Crippen molar-refractivity contribution in [2.75, 3.05) is 17.2 Å². The van der Waals surface area contributed by atoms with Crippen molar-refractivity contribution in [1.82, 2.24) is 39.8 Å². The molecule has 1 saturated heterocycles. The van der Waals surface area contributed by atoms with Crippen molar-refractivity contribution in [1.29, 1.82) is 0 Å². The number of thioether (sulfide) groups is 2. The van der Waals surface area contributed by atoms with Crippen LogP contribution in [0.1, 0.15) is 18.7 Å². The van der Waals surface area contributed by atoms with Crippen LogP contribution in [0, 0.1) is 12.3 Å². The molecule has 4 heterocycles. The van der Waals surface area contributed by atoms with Crippen LogP contribution in [0.2, 0.25) is 0 Å². The van der Waals surface area contributed by atoms with Crippen LogP contribution in [-0.4, -0.2) is 92.1 Å². The van der Waals surface area contributed by atoms with Crippen molar-refractivity contribution in [2.45, 2.75) is 42.1 Å². The number of nitrogens with zero attached hydrogens (tertiary/aromatic N) is 8. The summed E-state index contributed by atoms with van der Waals surface area (Å²) >= 11 is 3.43. The number of anilines is 1. The molecule has 3 aliphatic rings. The van der Waals surface area contributed by atoms with Gasteiger partial charge in [0.25, 0.3) is 11.8 Å².